The largest absolute Gasteiger partial charge is 0.298 e. The highest BCUT2D eigenvalue weighted by Gasteiger charge is 2.37. The van der Waals surface area contributed by atoms with Crippen LogP contribution in [0.25, 0.3) is 0 Å². The standard InChI is InChI=1S/C28H32ClN5O5S/c1-6-33(26(36)20-15-10-11-18-23(20)32-40(5,38)39)34(28(2,3)4)27(37)22-17-12-16-21(24(22)29)25(35)31-30-19-13-8-7-9-14-19/h7-18,30,32H,6H2,1-5H3,(H,31,35). The minimum absolute atomic E-state index is 0.0118. The van der Waals surface area contributed by atoms with Crippen molar-refractivity contribution in [2.45, 2.75) is 33.2 Å². The van der Waals surface area contributed by atoms with Crippen molar-refractivity contribution in [1.82, 2.24) is 15.4 Å². The van der Waals surface area contributed by atoms with Crippen LogP contribution in [0, 0.1) is 0 Å². The Bertz CT molecular complexity index is 1510. The zero-order chi connectivity index (χ0) is 29.7. The van der Waals surface area contributed by atoms with Crippen LogP contribution in [0.2, 0.25) is 5.02 Å². The fourth-order valence-electron chi connectivity index (χ4n) is 3.95. The smallest absolute Gasteiger partial charge is 0.274 e. The zero-order valence-corrected chi connectivity index (χ0v) is 24.4. The first-order chi connectivity index (χ1) is 18.7. The van der Waals surface area contributed by atoms with Crippen LogP contribution in [-0.4, -0.2) is 54.5 Å². The number of hydrogen-bond acceptors (Lipinski definition) is 6. The number of amides is 3. The molecule has 0 saturated carbocycles. The Labute approximate surface area is 239 Å². The van der Waals surface area contributed by atoms with E-state index in [0.29, 0.717) is 5.69 Å². The number of hydrazine groups is 2. The van der Waals surface area contributed by atoms with Gasteiger partial charge in [0.2, 0.25) is 10.0 Å². The molecule has 212 valence electrons. The summed E-state index contributed by atoms with van der Waals surface area (Å²) in [6, 6.07) is 19.6. The number of carbonyl (C=O) groups is 3. The lowest BCUT2D eigenvalue weighted by Gasteiger charge is -2.43. The van der Waals surface area contributed by atoms with Gasteiger partial charge in [0, 0.05) is 6.54 Å². The Balaban J connectivity index is 1.98. The van der Waals surface area contributed by atoms with Crippen LogP contribution in [0.5, 0.6) is 0 Å². The van der Waals surface area contributed by atoms with E-state index in [1.165, 1.54) is 40.3 Å². The minimum atomic E-state index is -3.68. The van der Waals surface area contributed by atoms with Gasteiger partial charge in [0.05, 0.1) is 44.9 Å². The van der Waals surface area contributed by atoms with Crippen LogP contribution in [0.1, 0.15) is 58.8 Å². The fourth-order valence-corrected chi connectivity index (χ4v) is 4.82. The second-order valence-corrected chi connectivity index (χ2v) is 12.0. The van der Waals surface area contributed by atoms with Crippen molar-refractivity contribution in [2.24, 2.45) is 0 Å². The van der Waals surface area contributed by atoms with Crippen LogP contribution in [0.3, 0.4) is 0 Å². The number of sulfonamides is 1. The Hall–Kier alpha value is -4.09. The molecule has 0 heterocycles. The molecule has 0 aliphatic rings. The number of nitrogens with zero attached hydrogens (tertiary/aromatic N) is 2. The molecule has 3 aromatic rings. The highest BCUT2D eigenvalue weighted by atomic mass is 35.5. The summed E-state index contributed by atoms with van der Waals surface area (Å²) >= 11 is 6.60. The van der Waals surface area contributed by atoms with Crippen LogP contribution in [0.15, 0.2) is 72.8 Å². The van der Waals surface area contributed by atoms with Crippen molar-refractivity contribution in [1.29, 1.82) is 0 Å². The van der Waals surface area contributed by atoms with E-state index < -0.39 is 33.3 Å². The second kappa shape index (κ2) is 12.4. The molecule has 0 unspecified atom stereocenters. The van der Waals surface area contributed by atoms with Crippen LogP contribution in [0.4, 0.5) is 11.4 Å². The average Bonchev–Trinajstić information content (AvgIpc) is 2.89. The summed E-state index contributed by atoms with van der Waals surface area (Å²) in [6.45, 7) is 7.01. The predicted octanol–water partition coefficient (Wildman–Crippen LogP) is 4.79. The number of halogens is 1. The number of nitrogens with one attached hydrogen (secondary N) is 3. The van der Waals surface area contributed by atoms with Gasteiger partial charge >= 0.3 is 0 Å². The summed E-state index contributed by atoms with van der Waals surface area (Å²) < 4.78 is 26.2. The Morgan fingerprint density at radius 1 is 0.825 bits per heavy atom. The van der Waals surface area contributed by atoms with Crippen molar-refractivity contribution < 1.29 is 22.8 Å². The minimum Gasteiger partial charge on any atom is -0.298 e. The number of rotatable bonds is 8. The third-order valence-corrected chi connectivity index (χ3v) is 6.62. The van der Waals surface area contributed by atoms with E-state index in [1.54, 1.807) is 64.1 Å². The number of carbonyl (C=O) groups excluding carboxylic acids is 3. The van der Waals surface area contributed by atoms with E-state index in [0.717, 1.165) is 6.26 Å². The van der Waals surface area contributed by atoms with Gasteiger partial charge in [0.25, 0.3) is 17.7 Å². The molecule has 0 atom stereocenters. The molecule has 0 aromatic heterocycles. The van der Waals surface area contributed by atoms with Crippen LogP contribution in [-0.2, 0) is 10.0 Å². The summed E-state index contributed by atoms with van der Waals surface area (Å²) in [5, 5.41) is 2.40. The van der Waals surface area contributed by atoms with Gasteiger partial charge in [0.15, 0.2) is 0 Å². The molecule has 0 aliphatic carbocycles. The monoisotopic (exact) mass is 585 g/mol. The van der Waals surface area contributed by atoms with Gasteiger partial charge in [-0.3, -0.25) is 30.0 Å². The SMILES string of the molecule is CCN(C(=O)c1ccccc1NS(C)(=O)=O)N(C(=O)c1cccc(C(=O)NNc2ccccc2)c1Cl)C(C)(C)C. The molecule has 3 N–H and O–H groups in total. The molecular formula is C28H32ClN5O5S. The lowest BCUT2D eigenvalue weighted by atomic mass is 10.0. The van der Waals surface area contributed by atoms with E-state index in [1.807, 2.05) is 6.07 Å². The number of para-hydroxylation sites is 2. The first-order valence-electron chi connectivity index (χ1n) is 12.4. The van der Waals surface area contributed by atoms with Crippen LogP contribution >= 0.6 is 11.6 Å². The van der Waals surface area contributed by atoms with Crippen molar-refractivity contribution >= 4 is 50.7 Å². The molecule has 0 radical (unpaired) electrons. The van der Waals surface area contributed by atoms with Crippen molar-refractivity contribution in [2.75, 3.05) is 22.9 Å². The Kier molecular flexibility index (Phi) is 9.44. The molecule has 40 heavy (non-hydrogen) atoms. The third kappa shape index (κ3) is 7.30. The summed E-state index contributed by atoms with van der Waals surface area (Å²) in [4.78, 5) is 40.7. The number of benzene rings is 3. The zero-order valence-electron chi connectivity index (χ0n) is 22.9. The van der Waals surface area contributed by atoms with Gasteiger partial charge in [-0.25, -0.2) is 18.4 Å². The number of hydrogen-bond donors (Lipinski definition) is 3. The molecule has 0 saturated heterocycles. The normalized spacial score (nSPS) is 11.3. The highest BCUT2D eigenvalue weighted by molar-refractivity contribution is 7.92. The molecule has 3 amide bonds. The maximum absolute atomic E-state index is 14.0. The van der Waals surface area contributed by atoms with Gasteiger partial charge in [0.1, 0.15) is 0 Å². The molecule has 3 aromatic carbocycles. The Morgan fingerprint density at radius 2 is 1.40 bits per heavy atom. The van der Waals surface area contributed by atoms with E-state index in [2.05, 4.69) is 15.6 Å². The topological polar surface area (TPSA) is 128 Å². The fraction of sp³-hybridized carbons (Fsp3) is 0.250. The van der Waals surface area contributed by atoms with Crippen molar-refractivity contribution in [3.63, 3.8) is 0 Å². The molecule has 0 aliphatic heterocycles. The van der Waals surface area contributed by atoms with E-state index >= 15 is 0 Å². The van der Waals surface area contributed by atoms with Crippen molar-refractivity contribution in [3.8, 4) is 0 Å². The highest BCUT2D eigenvalue weighted by Crippen LogP contribution is 2.29. The molecular weight excluding hydrogens is 554 g/mol. The quantitative estimate of drug-likeness (QED) is 0.326. The summed E-state index contributed by atoms with van der Waals surface area (Å²) in [6.07, 6.45) is 0.983. The summed E-state index contributed by atoms with van der Waals surface area (Å²) in [7, 11) is -3.68. The third-order valence-electron chi connectivity index (χ3n) is 5.62. The average molecular weight is 586 g/mol. The molecule has 0 fully saturated rings. The maximum atomic E-state index is 14.0. The van der Waals surface area contributed by atoms with Gasteiger partial charge in [-0.2, -0.15) is 0 Å². The lowest BCUT2D eigenvalue weighted by molar-refractivity contribution is -0.0410. The maximum Gasteiger partial charge on any atom is 0.274 e. The lowest BCUT2D eigenvalue weighted by Crippen LogP contribution is -2.58. The second-order valence-electron chi connectivity index (χ2n) is 9.84. The predicted molar refractivity (Wildman–Crippen MR) is 157 cm³/mol. The Morgan fingerprint density at radius 3 is 2.00 bits per heavy atom. The van der Waals surface area contributed by atoms with E-state index in [-0.39, 0.29) is 33.9 Å². The first kappa shape index (κ1) is 30.5. The number of anilines is 2. The molecule has 3 rings (SSSR count). The van der Waals surface area contributed by atoms with E-state index in [9.17, 15) is 22.8 Å². The van der Waals surface area contributed by atoms with Crippen LogP contribution < -0.4 is 15.6 Å². The van der Waals surface area contributed by atoms with Crippen molar-refractivity contribution in [3.05, 3.63) is 94.5 Å². The molecule has 0 bridgehead atoms. The first-order valence-corrected chi connectivity index (χ1v) is 14.6. The molecule has 12 heteroatoms. The summed E-state index contributed by atoms with van der Waals surface area (Å²) in [5.41, 5.74) is 5.30. The van der Waals surface area contributed by atoms with Gasteiger partial charge < -0.3 is 0 Å². The van der Waals surface area contributed by atoms with Gasteiger partial charge in [-0.15, -0.1) is 0 Å². The molecule has 10 nitrogen and oxygen atoms in total. The van der Waals surface area contributed by atoms with E-state index in [4.69, 9.17) is 11.6 Å². The van der Waals surface area contributed by atoms with Gasteiger partial charge in [-0.1, -0.05) is 48.0 Å². The molecule has 0 spiro atoms. The van der Waals surface area contributed by atoms with Gasteiger partial charge in [-0.05, 0) is 64.1 Å². The summed E-state index contributed by atoms with van der Waals surface area (Å²) in [5.74, 6) is -1.78.